The Hall–Kier alpha value is -1.87. The van der Waals surface area contributed by atoms with E-state index in [2.05, 4.69) is 21.6 Å². The molecule has 16 heavy (non-hydrogen) atoms. The van der Waals surface area contributed by atoms with Crippen molar-refractivity contribution < 1.29 is 0 Å². The second-order valence-corrected chi connectivity index (χ2v) is 4.10. The summed E-state index contributed by atoms with van der Waals surface area (Å²) < 4.78 is 1.63. The molecule has 5 nitrogen and oxygen atoms in total. The van der Waals surface area contributed by atoms with Crippen LogP contribution in [-0.2, 0) is 0 Å². The van der Waals surface area contributed by atoms with Gasteiger partial charge in [0.15, 0.2) is 0 Å². The van der Waals surface area contributed by atoms with Gasteiger partial charge in [-0.15, -0.1) is 5.10 Å². The lowest BCUT2D eigenvalue weighted by atomic mass is 10.2. The van der Waals surface area contributed by atoms with Gasteiger partial charge in [-0.3, -0.25) is 0 Å². The van der Waals surface area contributed by atoms with Crippen molar-refractivity contribution in [1.82, 2.24) is 20.2 Å². The molecule has 0 amide bonds. The molecule has 80 valence electrons. The molecule has 0 aliphatic carbocycles. The van der Waals surface area contributed by atoms with Gasteiger partial charge in [-0.25, -0.2) is 0 Å². The van der Waals surface area contributed by atoms with Crippen molar-refractivity contribution in [1.29, 1.82) is 5.26 Å². The van der Waals surface area contributed by atoms with Crippen LogP contribution in [0.3, 0.4) is 0 Å². The van der Waals surface area contributed by atoms with Gasteiger partial charge in [0.2, 0.25) is 5.16 Å². The summed E-state index contributed by atoms with van der Waals surface area (Å²) in [5.74, 6) is 0.339. The highest BCUT2D eigenvalue weighted by Gasteiger charge is 2.08. The molecule has 0 saturated carbocycles. The Kier molecular flexibility index (Phi) is 3.17. The number of hydrogen-bond acceptors (Lipinski definition) is 5. The Morgan fingerprint density at radius 1 is 1.50 bits per heavy atom. The summed E-state index contributed by atoms with van der Waals surface area (Å²) in [6.07, 6.45) is 0. The Labute approximate surface area is 97.1 Å². The third kappa shape index (κ3) is 2.20. The van der Waals surface area contributed by atoms with E-state index in [0.717, 1.165) is 11.3 Å². The highest BCUT2D eigenvalue weighted by Crippen LogP contribution is 2.17. The van der Waals surface area contributed by atoms with E-state index in [0.29, 0.717) is 10.9 Å². The molecule has 0 aliphatic heterocycles. The molecule has 0 aliphatic rings. The molecule has 6 heteroatoms. The highest BCUT2D eigenvalue weighted by molar-refractivity contribution is 7.99. The Morgan fingerprint density at radius 3 is 3.12 bits per heavy atom. The Balaban J connectivity index is 2.34. The van der Waals surface area contributed by atoms with E-state index in [1.54, 1.807) is 4.68 Å². The monoisotopic (exact) mass is 231 g/mol. The second kappa shape index (κ2) is 4.77. The summed E-state index contributed by atoms with van der Waals surface area (Å²) in [6.45, 7) is 2.01. The standard InChI is InChI=1S/C10H9N5S/c1-8-3-2-4-9(7-8)15-10(12-13-14-15)16-6-5-11/h2-4,7H,6H2,1H3. The van der Waals surface area contributed by atoms with Crippen molar-refractivity contribution in [3.05, 3.63) is 29.8 Å². The molecule has 1 heterocycles. The molecule has 0 unspecified atom stereocenters. The van der Waals surface area contributed by atoms with Crippen LogP contribution in [0.1, 0.15) is 5.56 Å². The maximum Gasteiger partial charge on any atom is 0.215 e. The SMILES string of the molecule is Cc1cccc(-n2nnnc2SCC#N)c1. The number of aryl methyl sites for hydroxylation is 1. The molecule has 1 aromatic heterocycles. The molecule has 0 N–H and O–H groups in total. The minimum Gasteiger partial charge on any atom is -0.197 e. The first-order chi connectivity index (χ1) is 7.81. The highest BCUT2D eigenvalue weighted by atomic mass is 32.2. The van der Waals surface area contributed by atoms with E-state index in [1.165, 1.54) is 11.8 Å². The molecule has 1 aromatic carbocycles. The molecular weight excluding hydrogens is 222 g/mol. The van der Waals surface area contributed by atoms with Crippen molar-refractivity contribution in [3.63, 3.8) is 0 Å². The lowest BCUT2D eigenvalue weighted by molar-refractivity contribution is 0.756. The molecule has 2 rings (SSSR count). The summed E-state index contributed by atoms with van der Waals surface area (Å²) in [6, 6.07) is 9.93. The zero-order valence-electron chi connectivity index (χ0n) is 8.66. The number of nitrogens with zero attached hydrogens (tertiary/aromatic N) is 5. The average Bonchev–Trinajstić information content (AvgIpc) is 2.74. The van der Waals surface area contributed by atoms with Gasteiger partial charge < -0.3 is 0 Å². The molecule has 0 bridgehead atoms. The number of nitriles is 1. The minimum atomic E-state index is 0.339. The van der Waals surface area contributed by atoms with Crippen molar-refractivity contribution in [2.75, 3.05) is 5.75 Å². The predicted octanol–water partition coefficient (Wildman–Crippen LogP) is 1.59. The van der Waals surface area contributed by atoms with Crippen molar-refractivity contribution >= 4 is 11.8 Å². The van der Waals surface area contributed by atoms with Gasteiger partial charge in [0.05, 0.1) is 17.5 Å². The van der Waals surface area contributed by atoms with Gasteiger partial charge in [0, 0.05) is 0 Å². The lowest BCUT2D eigenvalue weighted by Crippen LogP contribution is -1.99. The van der Waals surface area contributed by atoms with Crippen LogP contribution in [-0.4, -0.2) is 26.0 Å². The van der Waals surface area contributed by atoms with E-state index in [4.69, 9.17) is 5.26 Å². The third-order valence-electron chi connectivity index (χ3n) is 1.95. The normalized spacial score (nSPS) is 10.0. The minimum absolute atomic E-state index is 0.339. The number of rotatable bonds is 3. The Morgan fingerprint density at radius 2 is 2.38 bits per heavy atom. The fourth-order valence-electron chi connectivity index (χ4n) is 1.29. The van der Waals surface area contributed by atoms with Crippen LogP contribution < -0.4 is 0 Å². The van der Waals surface area contributed by atoms with E-state index in [-0.39, 0.29) is 0 Å². The lowest BCUT2D eigenvalue weighted by Gasteiger charge is -2.03. The summed E-state index contributed by atoms with van der Waals surface area (Å²) in [4.78, 5) is 0. The van der Waals surface area contributed by atoms with Gasteiger partial charge in [0.1, 0.15) is 0 Å². The molecular formula is C10H9N5S. The van der Waals surface area contributed by atoms with Gasteiger partial charge >= 0.3 is 0 Å². The van der Waals surface area contributed by atoms with Gasteiger partial charge in [-0.2, -0.15) is 9.94 Å². The first kappa shape index (κ1) is 10.6. The molecule has 0 spiro atoms. The van der Waals surface area contributed by atoms with Crippen LogP contribution in [0.4, 0.5) is 0 Å². The van der Waals surface area contributed by atoms with E-state index in [9.17, 15) is 0 Å². The fraction of sp³-hybridized carbons (Fsp3) is 0.200. The van der Waals surface area contributed by atoms with E-state index in [1.807, 2.05) is 31.2 Å². The summed E-state index contributed by atoms with van der Waals surface area (Å²) >= 11 is 1.32. The number of benzene rings is 1. The molecule has 0 saturated heterocycles. The zero-order chi connectivity index (χ0) is 11.4. The maximum atomic E-state index is 8.52. The van der Waals surface area contributed by atoms with Crippen LogP contribution in [0.25, 0.3) is 5.69 Å². The zero-order valence-corrected chi connectivity index (χ0v) is 9.48. The first-order valence-corrected chi connectivity index (χ1v) is 5.65. The van der Waals surface area contributed by atoms with E-state index < -0.39 is 0 Å². The molecule has 0 atom stereocenters. The average molecular weight is 231 g/mol. The topological polar surface area (TPSA) is 67.4 Å². The fourth-order valence-corrected chi connectivity index (χ4v) is 1.84. The number of hydrogen-bond donors (Lipinski definition) is 0. The summed E-state index contributed by atoms with van der Waals surface area (Å²) in [5.41, 5.74) is 2.05. The third-order valence-corrected chi connectivity index (χ3v) is 2.74. The van der Waals surface area contributed by atoms with Gasteiger partial charge in [0.25, 0.3) is 0 Å². The first-order valence-electron chi connectivity index (χ1n) is 4.66. The number of tetrazole rings is 1. The van der Waals surface area contributed by atoms with Crippen LogP contribution in [0.2, 0.25) is 0 Å². The number of aromatic nitrogens is 4. The van der Waals surface area contributed by atoms with Crippen molar-refractivity contribution in [2.45, 2.75) is 12.1 Å². The van der Waals surface area contributed by atoms with Gasteiger partial charge in [-0.05, 0) is 35.0 Å². The van der Waals surface area contributed by atoms with Crippen LogP contribution in [0.5, 0.6) is 0 Å². The van der Waals surface area contributed by atoms with E-state index >= 15 is 0 Å². The molecule has 0 radical (unpaired) electrons. The van der Waals surface area contributed by atoms with Crippen molar-refractivity contribution in [2.24, 2.45) is 0 Å². The Bertz CT molecular complexity index is 528. The second-order valence-electron chi connectivity index (χ2n) is 3.16. The van der Waals surface area contributed by atoms with Crippen molar-refractivity contribution in [3.8, 4) is 11.8 Å². The van der Waals surface area contributed by atoms with Crippen LogP contribution in [0, 0.1) is 18.3 Å². The summed E-state index contributed by atoms with van der Waals surface area (Å²) in [5, 5.41) is 20.5. The number of thioether (sulfide) groups is 1. The smallest absolute Gasteiger partial charge is 0.197 e. The largest absolute Gasteiger partial charge is 0.215 e. The molecule has 2 aromatic rings. The summed E-state index contributed by atoms with van der Waals surface area (Å²) in [7, 11) is 0. The molecule has 0 fully saturated rings. The van der Waals surface area contributed by atoms with Crippen LogP contribution >= 0.6 is 11.8 Å². The van der Waals surface area contributed by atoms with Crippen LogP contribution in [0.15, 0.2) is 29.4 Å². The maximum absolute atomic E-state index is 8.52. The van der Waals surface area contributed by atoms with Gasteiger partial charge in [-0.1, -0.05) is 23.9 Å². The quantitative estimate of drug-likeness (QED) is 0.750. The predicted molar refractivity (Wildman–Crippen MR) is 60.2 cm³/mol.